The monoisotopic (exact) mass is 268 g/mol. The molecule has 0 saturated carbocycles. The van der Waals surface area contributed by atoms with Crippen molar-refractivity contribution in [1.82, 2.24) is 20.4 Å². The summed E-state index contributed by atoms with van der Waals surface area (Å²) >= 11 is 0. The van der Waals surface area contributed by atoms with Crippen LogP contribution in [0.15, 0.2) is 12.4 Å². The zero-order valence-electron chi connectivity index (χ0n) is 10.5. The van der Waals surface area contributed by atoms with Gasteiger partial charge in [0, 0.05) is 19.2 Å². The van der Waals surface area contributed by atoms with Crippen molar-refractivity contribution in [3.05, 3.63) is 18.0 Å². The molecule has 0 atom stereocenters. The first-order chi connectivity index (χ1) is 8.97. The molecule has 8 nitrogen and oxygen atoms in total. The highest BCUT2D eigenvalue weighted by atomic mass is 16.4. The molecular weight excluding hydrogens is 252 g/mol. The van der Waals surface area contributed by atoms with E-state index in [0.717, 1.165) is 5.56 Å². The molecule has 0 aliphatic rings. The van der Waals surface area contributed by atoms with Crippen LogP contribution in [0.3, 0.4) is 0 Å². The zero-order valence-corrected chi connectivity index (χ0v) is 10.5. The number of aliphatic carboxylic acids is 1. The van der Waals surface area contributed by atoms with E-state index in [0.29, 0.717) is 13.1 Å². The summed E-state index contributed by atoms with van der Waals surface area (Å²) in [6, 6.07) is -0.640. The lowest BCUT2D eigenvalue weighted by Gasteiger charge is -2.06. The summed E-state index contributed by atoms with van der Waals surface area (Å²) in [7, 11) is 0. The lowest BCUT2D eigenvalue weighted by atomic mass is 10.3. The van der Waals surface area contributed by atoms with E-state index in [1.807, 2.05) is 18.4 Å². The number of nitrogens with one attached hydrogen (secondary N) is 2. The van der Waals surface area contributed by atoms with Gasteiger partial charge in [-0.1, -0.05) is 0 Å². The van der Waals surface area contributed by atoms with Crippen LogP contribution in [0.1, 0.15) is 18.4 Å². The van der Waals surface area contributed by atoms with E-state index in [4.69, 9.17) is 5.11 Å². The van der Waals surface area contributed by atoms with Crippen molar-refractivity contribution in [2.45, 2.75) is 26.3 Å². The summed E-state index contributed by atoms with van der Waals surface area (Å²) in [5.74, 6) is -1.69. The summed E-state index contributed by atoms with van der Waals surface area (Å²) in [4.78, 5) is 32.6. The third-order valence-electron chi connectivity index (χ3n) is 2.21. The zero-order chi connectivity index (χ0) is 14.3. The Kier molecular flexibility index (Phi) is 5.52. The molecule has 1 aromatic heterocycles. The van der Waals surface area contributed by atoms with Crippen molar-refractivity contribution in [1.29, 1.82) is 0 Å². The topological polar surface area (TPSA) is 113 Å². The Morgan fingerprint density at radius 3 is 2.68 bits per heavy atom. The van der Waals surface area contributed by atoms with Gasteiger partial charge in [0.25, 0.3) is 0 Å². The van der Waals surface area contributed by atoms with Gasteiger partial charge in [-0.25, -0.2) is 4.79 Å². The Labute approximate surface area is 109 Å². The molecule has 1 aromatic rings. The normalized spacial score (nSPS) is 9.95. The molecule has 8 heteroatoms. The molecule has 0 aromatic carbocycles. The van der Waals surface area contributed by atoms with E-state index in [9.17, 15) is 14.4 Å². The van der Waals surface area contributed by atoms with Crippen LogP contribution < -0.4 is 10.6 Å². The van der Waals surface area contributed by atoms with Crippen LogP contribution in [0.2, 0.25) is 0 Å². The van der Waals surface area contributed by atoms with Crippen molar-refractivity contribution in [3.8, 4) is 0 Å². The van der Waals surface area contributed by atoms with Crippen LogP contribution in [-0.2, 0) is 16.1 Å². The molecule has 3 amide bonds. The molecule has 0 aliphatic carbocycles. The van der Waals surface area contributed by atoms with Crippen molar-refractivity contribution in [3.63, 3.8) is 0 Å². The van der Waals surface area contributed by atoms with Crippen LogP contribution in [0.4, 0.5) is 4.79 Å². The molecule has 3 N–H and O–H groups in total. The first-order valence-corrected chi connectivity index (χ1v) is 5.76. The van der Waals surface area contributed by atoms with Crippen molar-refractivity contribution < 1.29 is 19.5 Å². The largest absolute Gasteiger partial charge is 0.481 e. The number of amides is 3. The number of hydrogen-bond acceptors (Lipinski definition) is 4. The van der Waals surface area contributed by atoms with Gasteiger partial charge in [-0.05, 0) is 12.5 Å². The summed E-state index contributed by atoms with van der Waals surface area (Å²) < 4.78 is 1.67. The Morgan fingerprint density at radius 2 is 2.11 bits per heavy atom. The molecule has 1 heterocycles. The lowest BCUT2D eigenvalue weighted by Crippen LogP contribution is -2.40. The minimum absolute atomic E-state index is 0.221. The number of nitrogens with zero attached hydrogens (tertiary/aromatic N) is 2. The summed E-state index contributed by atoms with van der Waals surface area (Å²) in [6.45, 7) is 2.72. The molecule has 1 rings (SSSR count). The Bertz CT molecular complexity index is 469. The van der Waals surface area contributed by atoms with E-state index in [2.05, 4.69) is 10.4 Å². The third kappa shape index (κ3) is 6.20. The number of imide groups is 1. The second-order valence-electron chi connectivity index (χ2n) is 3.98. The molecule has 0 bridgehead atoms. The third-order valence-corrected chi connectivity index (χ3v) is 2.21. The average Bonchev–Trinajstić information content (AvgIpc) is 2.72. The van der Waals surface area contributed by atoms with Crippen LogP contribution >= 0.6 is 0 Å². The first kappa shape index (κ1) is 14.7. The second-order valence-corrected chi connectivity index (χ2v) is 3.98. The fourth-order valence-electron chi connectivity index (χ4n) is 1.33. The first-order valence-electron chi connectivity index (χ1n) is 5.76. The van der Waals surface area contributed by atoms with Gasteiger partial charge in [0.2, 0.25) is 5.91 Å². The quantitative estimate of drug-likeness (QED) is 0.665. The van der Waals surface area contributed by atoms with Crippen LogP contribution in [0.25, 0.3) is 0 Å². The van der Waals surface area contributed by atoms with Crippen molar-refractivity contribution in [2.75, 3.05) is 6.54 Å². The molecule has 104 valence electrons. The number of hydrogen-bond donors (Lipinski definition) is 3. The van der Waals surface area contributed by atoms with Gasteiger partial charge < -0.3 is 10.4 Å². The predicted octanol–water partition coefficient (Wildman–Crippen LogP) is -0.118. The van der Waals surface area contributed by atoms with E-state index < -0.39 is 17.9 Å². The van der Waals surface area contributed by atoms with Gasteiger partial charge in [-0.2, -0.15) is 5.10 Å². The number of aromatic nitrogens is 2. The highest BCUT2D eigenvalue weighted by Gasteiger charge is 2.08. The summed E-state index contributed by atoms with van der Waals surface area (Å²) in [5, 5.41) is 16.9. The van der Waals surface area contributed by atoms with Gasteiger partial charge in [0.15, 0.2) is 0 Å². The molecule has 0 spiro atoms. The molecule has 0 fully saturated rings. The van der Waals surface area contributed by atoms with Gasteiger partial charge in [0.1, 0.15) is 0 Å². The molecule has 0 radical (unpaired) electrons. The van der Waals surface area contributed by atoms with Crippen molar-refractivity contribution in [2.24, 2.45) is 0 Å². The fraction of sp³-hybridized carbons (Fsp3) is 0.455. The maximum Gasteiger partial charge on any atom is 0.321 e. The van der Waals surface area contributed by atoms with Gasteiger partial charge >= 0.3 is 12.0 Å². The summed E-state index contributed by atoms with van der Waals surface area (Å²) in [6.07, 6.45) is 3.01. The lowest BCUT2D eigenvalue weighted by molar-refractivity contribution is -0.138. The summed E-state index contributed by atoms with van der Waals surface area (Å²) in [5.41, 5.74) is 1.02. The van der Waals surface area contributed by atoms with E-state index in [-0.39, 0.29) is 12.8 Å². The minimum atomic E-state index is -1.08. The number of carboxylic acid groups (broad SMARTS) is 1. The Morgan fingerprint density at radius 1 is 1.37 bits per heavy atom. The number of carbonyl (C=O) groups is 3. The number of carboxylic acids is 1. The van der Waals surface area contributed by atoms with Gasteiger partial charge in [0.05, 0.1) is 19.2 Å². The van der Waals surface area contributed by atoms with E-state index in [1.165, 1.54) is 0 Å². The molecule has 0 saturated heterocycles. The fourth-order valence-corrected chi connectivity index (χ4v) is 1.33. The molecule has 0 aliphatic heterocycles. The second kappa shape index (κ2) is 7.14. The van der Waals surface area contributed by atoms with Gasteiger partial charge in [-0.15, -0.1) is 0 Å². The smallest absolute Gasteiger partial charge is 0.321 e. The van der Waals surface area contributed by atoms with E-state index in [1.54, 1.807) is 10.9 Å². The predicted molar refractivity (Wildman–Crippen MR) is 65.4 cm³/mol. The van der Waals surface area contributed by atoms with Crippen molar-refractivity contribution >= 4 is 17.9 Å². The maximum absolute atomic E-state index is 11.3. The number of aryl methyl sites for hydroxylation is 1. The van der Waals surface area contributed by atoms with Crippen LogP contribution in [0.5, 0.6) is 0 Å². The van der Waals surface area contributed by atoms with Crippen LogP contribution in [0, 0.1) is 6.92 Å². The molecule has 19 heavy (non-hydrogen) atoms. The maximum atomic E-state index is 11.3. The molecule has 0 unspecified atom stereocenters. The Hall–Kier alpha value is -2.38. The SMILES string of the molecule is Cc1cnn(CCNC(=O)NC(=O)CCC(=O)O)c1. The highest BCUT2D eigenvalue weighted by molar-refractivity contribution is 5.95. The average molecular weight is 268 g/mol. The standard InChI is InChI=1S/C11H16N4O4/c1-8-6-13-15(7-8)5-4-12-11(19)14-9(16)2-3-10(17)18/h6-7H,2-5H2,1H3,(H,17,18)(H2,12,14,16,19). The van der Waals surface area contributed by atoms with Gasteiger partial charge in [-0.3, -0.25) is 19.6 Å². The number of carbonyl (C=O) groups excluding carboxylic acids is 2. The molecular formula is C11H16N4O4. The van der Waals surface area contributed by atoms with E-state index >= 15 is 0 Å². The minimum Gasteiger partial charge on any atom is -0.481 e. The Balaban J connectivity index is 2.17. The highest BCUT2D eigenvalue weighted by Crippen LogP contribution is 1.93. The number of urea groups is 1. The number of rotatable bonds is 6. The van der Waals surface area contributed by atoms with Crippen LogP contribution in [-0.4, -0.2) is 39.3 Å².